The van der Waals surface area contributed by atoms with Crippen molar-refractivity contribution < 1.29 is 14.3 Å². The number of esters is 1. The third-order valence-corrected chi connectivity index (χ3v) is 7.24. The van der Waals surface area contributed by atoms with Crippen LogP contribution in [-0.4, -0.2) is 50.4 Å². The summed E-state index contributed by atoms with van der Waals surface area (Å²) in [5.74, 6) is 0.268. The van der Waals surface area contributed by atoms with Gasteiger partial charge in [0, 0.05) is 24.2 Å². The van der Waals surface area contributed by atoms with Gasteiger partial charge in [0.15, 0.2) is 11.0 Å². The van der Waals surface area contributed by atoms with Crippen LogP contribution in [0.1, 0.15) is 16.7 Å². The van der Waals surface area contributed by atoms with E-state index in [4.69, 9.17) is 4.74 Å². The van der Waals surface area contributed by atoms with E-state index in [9.17, 15) is 9.59 Å². The number of ether oxygens (including phenoxy) is 1. The Hall–Kier alpha value is -3.91. The molecule has 0 N–H and O–H groups in total. The topological polar surface area (TPSA) is 77.3 Å². The lowest BCUT2D eigenvalue weighted by atomic mass is 9.94. The van der Waals surface area contributed by atoms with E-state index in [2.05, 4.69) is 10.2 Å². The van der Waals surface area contributed by atoms with E-state index in [1.165, 1.54) is 18.9 Å². The van der Waals surface area contributed by atoms with Gasteiger partial charge in [0.1, 0.15) is 6.04 Å². The average molecular weight is 499 g/mol. The highest BCUT2D eigenvalue weighted by Crippen LogP contribution is 2.30. The van der Waals surface area contributed by atoms with Crippen molar-refractivity contribution in [2.45, 2.75) is 31.1 Å². The Kier molecular flexibility index (Phi) is 6.86. The van der Waals surface area contributed by atoms with E-state index in [1.807, 2.05) is 90.4 Å². The number of fused-ring (bicyclic) bond motifs is 1. The van der Waals surface area contributed by atoms with Gasteiger partial charge in [0.2, 0.25) is 5.91 Å². The van der Waals surface area contributed by atoms with E-state index in [0.717, 1.165) is 27.9 Å². The molecular weight excluding hydrogens is 472 g/mol. The molecule has 1 aliphatic rings. The summed E-state index contributed by atoms with van der Waals surface area (Å²) in [5, 5.41) is 9.49. The fraction of sp³-hybridized carbons (Fsp3) is 0.214. The third-order valence-electron chi connectivity index (χ3n) is 6.32. The summed E-state index contributed by atoms with van der Waals surface area (Å²) >= 11 is 1.31. The minimum absolute atomic E-state index is 0.119. The van der Waals surface area contributed by atoms with Gasteiger partial charge in [-0.2, -0.15) is 0 Å². The smallest absolute Gasteiger partial charge is 0.328 e. The number of aryl methyl sites for hydroxylation is 1. The van der Waals surface area contributed by atoms with Gasteiger partial charge < -0.3 is 9.64 Å². The predicted octanol–water partition coefficient (Wildman–Crippen LogP) is 4.46. The van der Waals surface area contributed by atoms with Gasteiger partial charge in [-0.05, 0) is 30.2 Å². The molecule has 1 aliphatic heterocycles. The predicted molar refractivity (Wildman–Crippen MR) is 139 cm³/mol. The van der Waals surface area contributed by atoms with Crippen LogP contribution in [-0.2, 0) is 27.3 Å². The van der Waals surface area contributed by atoms with Crippen LogP contribution in [0.3, 0.4) is 0 Å². The summed E-state index contributed by atoms with van der Waals surface area (Å²) in [4.78, 5) is 27.6. The number of carbonyl (C=O) groups excluding carboxylic acids is 2. The zero-order valence-corrected chi connectivity index (χ0v) is 20.9. The monoisotopic (exact) mass is 498 g/mol. The van der Waals surface area contributed by atoms with Crippen LogP contribution in [0.4, 0.5) is 0 Å². The van der Waals surface area contributed by atoms with E-state index >= 15 is 0 Å². The van der Waals surface area contributed by atoms with E-state index in [-0.39, 0.29) is 11.7 Å². The van der Waals surface area contributed by atoms with E-state index in [1.54, 1.807) is 4.90 Å². The second kappa shape index (κ2) is 10.4. The van der Waals surface area contributed by atoms with Crippen molar-refractivity contribution in [2.24, 2.45) is 0 Å². The van der Waals surface area contributed by atoms with Crippen molar-refractivity contribution in [3.05, 3.63) is 95.6 Å². The lowest BCUT2D eigenvalue weighted by molar-refractivity contribution is -0.153. The van der Waals surface area contributed by atoms with Gasteiger partial charge in [-0.1, -0.05) is 84.1 Å². The SMILES string of the molecule is COC(=O)[C@@H]1Cc2ccccc2CN1C(=O)CSc1nnc(-c2ccccc2)n1-c1ccc(C)cc1. The molecule has 8 heteroatoms. The molecule has 3 aromatic carbocycles. The molecule has 182 valence electrons. The van der Waals surface area contributed by atoms with Crippen LogP contribution in [0, 0.1) is 6.92 Å². The van der Waals surface area contributed by atoms with Crippen molar-refractivity contribution >= 4 is 23.6 Å². The van der Waals surface area contributed by atoms with Gasteiger partial charge in [-0.15, -0.1) is 10.2 Å². The van der Waals surface area contributed by atoms with Crippen LogP contribution < -0.4 is 0 Å². The third kappa shape index (κ3) is 4.77. The number of rotatable bonds is 6. The van der Waals surface area contributed by atoms with Gasteiger partial charge >= 0.3 is 5.97 Å². The highest BCUT2D eigenvalue weighted by Gasteiger charge is 2.35. The molecule has 0 radical (unpaired) electrons. The number of methoxy groups -OCH3 is 1. The summed E-state index contributed by atoms with van der Waals surface area (Å²) in [5.41, 5.74) is 5.11. The molecule has 1 amide bonds. The maximum absolute atomic E-state index is 13.4. The average Bonchev–Trinajstić information content (AvgIpc) is 3.35. The molecule has 0 unspecified atom stereocenters. The summed E-state index contributed by atoms with van der Waals surface area (Å²) in [6.07, 6.45) is 0.441. The zero-order chi connectivity index (χ0) is 25.1. The lowest BCUT2D eigenvalue weighted by Gasteiger charge is -2.35. The molecule has 7 nitrogen and oxygen atoms in total. The Morgan fingerprint density at radius 2 is 1.64 bits per heavy atom. The van der Waals surface area contributed by atoms with Crippen LogP contribution in [0.15, 0.2) is 84.0 Å². The molecule has 0 saturated carbocycles. The van der Waals surface area contributed by atoms with Crippen molar-refractivity contribution in [3.8, 4) is 17.1 Å². The Labute approximate surface area is 214 Å². The Balaban J connectivity index is 1.42. The lowest BCUT2D eigenvalue weighted by Crippen LogP contribution is -2.49. The second-order valence-electron chi connectivity index (χ2n) is 8.67. The molecule has 0 aliphatic carbocycles. The fourth-order valence-corrected chi connectivity index (χ4v) is 5.24. The fourth-order valence-electron chi connectivity index (χ4n) is 4.41. The molecule has 2 heterocycles. The first kappa shape index (κ1) is 23.8. The minimum atomic E-state index is -0.646. The van der Waals surface area contributed by atoms with Crippen molar-refractivity contribution in [1.82, 2.24) is 19.7 Å². The standard InChI is InChI=1S/C28H26N4O3S/c1-19-12-14-23(15-13-19)32-26(20-8-4-3-5-9-20)29-30-28(32)36-18-25(33)31-17-22-11-7-6-10-21(22)16-24(31)27(34)35-2/h3-15,24H,16-18H2,1-2H3/t24-/m0/s1. The number of carbonyl (C=O) groups is 2. The van der Waals surface area contributed by atoms with Gasteiger partial charge in [-0.3, -0.25) is 9.36 Å². The molecule has 1 aromatic heterocycles. The second-order valence-corrected chi connectivity index (χ2v) is 9.61. The first-order valence-electron chi connectivity index (χ1n) is 11.7. The number of hydrogen-bond acceptors (Lipinski definition) is 6. The molecule has 36 heavy (non-hydrogen) atoms. The molecular formula is C28H26N4O3S. The van der Waals surface area contributed by atoms with Gasteiger partial charge in [0.05, 0.1) is 12.9 Å². The zero-order valence-electron chi connectivity index (χ0n) is 20.1. The van der Waals surface area contributed by atoms with Crippen LogP contribution in [0.2, 0.25) is 0 Å². The molecule has 5 rings (SSSR count). The highest BCUT2D eigenvalue weighted by molar-refractivity contribution is 7.99. The highest BCUT2D eigenvalue weighted by atomic mass is 32.2. The van der Waals surface area contributed by atoms with Crippen molar-refractivity contribution in [3.63, 3.8) is 0 Å². The molecule has 0 saturated heterocycles. The largest absolute Gasteiger partial charge is 0.467 e. The first-order valence-corrected chi connectivity index (χ1v) is 12.7. The number of hydrogen-bond donors (Lipinski definition) is 0. The van der Waals surface area contributed by atoms with Crippen molar-refractivity contribution in [1.29, 1.82) is 0 Å². The van der Waals surface area contributed by atoms with Crippen LogP contribution >= 0.6 is 11.8 Å². The number of thioether (sulfide) groups is 1. The molecule has 0 spiro atoms. The number of amides is 1. The number of nitrogens with zero attached hydrogens (tertiary/aromatic N) is 4. The maximum Gasteiger partial charge on any atom is 0.328 e. The summed E-state index contributed by atoms with van der Waals surface area (Å²) in [7, 11) is 1.36. The molecule has 1 atom stereocenters. The van der Waals surface area contributed by atoms with Gasteiger partial charge in [-0.25, -0.2) is 4.79 Å². The van der Waals surface area contributed by atoms with Crippen molar-refractivity contribution in [2.75, 3.05) is 12.9 Å². The quantitative estimate of drug-likeness (QED) is 0.289. The molecule has 0 bridgehead atoms. The summed E-state index contributed by atoms with van der Waals surface area (Å²) in [6.45, 7) is 2.41. The Bertz CT molecular complexity index is 1390. The molecule has 4 aromatic rings. The van der Waals surface area contributed by atoms with Gasteiger partial charge in [0.25, 0.3) is 0 Å². The van der Waals surface area contributed by atoms with Crippen LogP contribution in [0.25, 0.3) is 17.1 Å². The Morgan fingerprint density at radius 3 is 2.36 bits per heavy atom. The first-order chi connectivity index (χ1) is 17.5. The van der Waals surface area contributed by atoms with E-state index < -0.39 is 12.0 Å². The number of benzene rings is 3. The Morgan fingerprint density at radius 1 is 0.944 bits per heavy atom. The maximum atomic E-state index is 13.4. The number of aromatic nitrogens is 3. The minimum Gasteiger partial charge on any atom is -0.467 e. The molecule has 0 fully saturated rings. The normalized spacial score (nSPS) is 14.8. The van der Waals surface area contributed by atoms with Crippen LogP contribution in [0.5, 0.6) is 0 Å². The summed E-state index contributed by atoms with van der Waals surface area (Å²) in [6, 6.07) is 25.2. The summed E-state index contributed by atoms with van der Waals surface area (Å²) < 4.78 is 6.99. The van der Waals surface area contributed by atoms with E-state index in [0.29, 0.717) is 23.9 Å².